The number of pyridine rings is 1. The van der Waals surface area contributed by atoms with E-state index in [2.05, 4.69) is 9.98 Å². The number of amides is 1. The van der Waals surface area contributed by atoms with Gasteiger partial charge >= 0.3 is 0 Å². The molecule has 1 aliphatic heterocycles. The normalized spacial score (nSPS) is 20.9. The van der Waals surface area contributed by atoms with Crippen molar-refractivity contribution in [2.75, 3.05) is 7.05 Å². The van der Waals surface area contributed by atoms with Crippen LogP contribution in [0.15, 0.2) is 41.5 Å². The molecule has 24 heavy (non-hydrogen) atoms. The van der Waals surface area contributed by atoms with E-state index in [1.165, 1.54) is 4.90 Å². The minimum absolute atomic E-state index is 0.0944. The number of carbonyl (C=O) groups excluding carboxylic acids is 1. The SMILES string of the molecule is CN1C(=O)C[C@@](C)(c2cc(-c3cc(Cl)cc(Cl)c3)ccn2)N=C1N. The molecule has 1 aromatic heterocycles. The Labute approximate surface area is 150 Å². The average molecular weight is 363 g/mol. The molecule has 0 bridgehead atoms. The van der Waals surface area contributed by atoms with Gasteiger partial charge in [0.05, 0.1) is 12.1 Å². The molecule has 0 fully saturated rings. The van der Waals surface area contributed by atoms with Gasteiger partial charge in [0.25, 0.3) is 0 Å². The fourth-order valence-corrected chi connectivity index (χ4v) is 3.21. The van der Waals surface area contributed by atoms with Gasteiger partial charge in [-0.1, -0.05) is 23.2 Å². The quantitative estimate of drug-likeness (QED) is 0.888. The van der Waals surface area contributed by atoms with E-state index < -0.39 is 5.54 Å². The fraction of sp³-hybridized carbons (Fsp3) is 0.235. The summed E-state index contributed by atoms with van der Waals surface area (Å²) in [5, 5.41) is 1.11. The second-order valence-electron chi connectivity index (χ2n) is 5.96. The van der Waals surface area contributed by atoms with E-state index in [0.717, 1.165) is 11.1 Å². The van der Waals surface area contributed by atoms with Gasteiger partial charge < -0.3 is 5.73 Å². The minimum Gasteiger partial charge on any atom is -0.369 e. The van der Waals surface area contributed by atoms with Crippen molar-refractivity contribution in [2.45, 2.75) is 18.9 Å². The highest BCUT2D eigenvalue weighted by Gasteiger charge is 2.37. The van der Waals surface area contributed by atoms with Crippen LogP contribution in [0.3, 0.4) is 0 Å². The van der Waals surface area contributed by atoms with Crippen LogP contribution < -0.4 is 5.73 Å². The Morgan fingerprint density at radius 2 is 1.83 bits per heavy atom. The largest absolute Gasteiger partial charge is 0.369 e. The van der Waals surface area contributed by atoms with Gasteiger partial charge in [-0.15, -0.1) is 0 Å². The lowest BCUT2D eigenvalue weighted by Crippen LogP contribution is -2.47. The van der Waals surface area contributed by atoms with E-state index in [-0.39, 0.29) is 18.3 Å². The summed E-state index contributed by atoms with van der Waals surface area (Å²) in [5.74, 6) is 0.0924. The predicted octanol–water partition coefficient (Wildman–Crippen LogP) is 3.45. The number of halogens is 2. The third-order valence-electron chi connectivity index (χ3n) is 4.08. The molecule has 5 nitrogen and oxygen atoms in total. The van der Waals surface area contributed by atoms with Crippen molar-refractivity contribution >= 4 is 35.1 Å². The van der Waals surface area contributed by atoms with Crippen LogP contribution in [-0.4, -0.2) is 28.8 Å². The lowest BCUT2D eigenvalue weighted by atomic mass is 9.90. The molecule has 0 aliphatic carbocycles. The fourth-order valence-electron chi connectivity index (χ4n) is 2.68. The first-order valence-electron chi connectivity index (χ1n) is 7.33. The van der Waals surface area contributed by atoms with Crippen molar-refractivity contribution in [3.63, 3.8) is 0 Å². The van der Waals surface area contributed by atoms with Crippen molar-refractivity contribution in [1.82, 2.24) is 9.88 Å². The standard InChI is InChI=1S/C17H16Cl2N4O/c1-17(9-15(24)23(2)16(20)22-17)14-7-10(3-4-21-14)11-5-12(18)8-13(19)6-11/h3-8H,9H2,1-2H3,(H2,20,22)/t17-/m0/s1. The van der Waals surface area contributed by atoms with Crippen LogP contribution in [0, 0.1) is 0 Å². The third-order valence-corrected chi connectivity index (χ3v) is 4.52. The number of benzene rings is 1. The van der Waals surface area contributed by atoms with Gasteiger partial charge in [0, 0.05) is 23.3 Å². The maximum absolute atomic E-state index is 12.1. The van der Waals surface area contributed by atoms with Crippen LogP contribution in [0.25, 0.3) is 11.1 Å². The molecule has 1 atom stereocenters. The lowest BCUT2D eigenvalue weighted by Gasteiger charge is -2.32. The van der Waals surface area contributed by atoms with Gasteiger partial charge in [-0.3, -0.25) is 14.7 Å². The zero-order valence-electron chi connectivity index (χ0n) is 13.3. The van der Waals surface area contributed by atoms with Crippen molar-refractivity contribution < 1.29 is 4.79 Å². The summed E-state index contributed by atoms with van der Waals surface area (Å²) in [4.78, 5) is 22.4. The number of hydrogen-bond donors (Lipinski definition) is 1. The number of rotatable bonds is 2. The molecular weight excluding hydrogens is 347 g/mol. The molecule has 1 aliphatic rings. The summed E-state index contributed by atoms with van der Waals surface area (Å²) in [6, 6.07) is 9.07. The highest BCUT2D eigenvalue weighted by atomic mass is 35.5. The van der Waals surface area contributed by atoms with Gasteiger partial charge in [-0.25, -0.2) is 4.99 Å². The highest BCUT2D eigenvalue weighted by molar-refractivity contribution is 6.35. The Hall–Kier alpha value is -2.11. The smallest absolute Gasteiger partial charge is 0.231 e. The zero-order valence-corrected chi connectivity index (χ0v) is 14.8. The molecule has 0 saturated carbocycles. The Bertz CT molecular complexity index is 832. The van der Waals surface area contributed by atoms with Crippen LogP contribution >= 0.6 is 23.2 Å². The molecule has 2 N–H and O–H groups in total. The van der Waals surface area contributed by atoms with Crippen LogP contribution in [0.4, 0.5) is 0 Å². The maximum Gasteiger partial charge on any atom is 0.231 e. The predicted molar refractivity (Wildman–Crippen MR) is 96.1 cm³/mol. The molecule has 1 amide bonds. The molecular formula is C17H16Cl2N4O. The first kappa shape index (κ1) is 16.7. The second-order valence-corrected chi connectivity index (χ2v) is 6.83. The number of nitrogens with two attached hydrogens (primary N) is 1. The molecule has 0 unspecified atom stereocenters. The van der Waals surface area contributed by atoms with Crippen molar-refractivity contribution in [2.24, 2.45) is 10.7 Å². The average Bonchev–Trinajstić information content (AvgIpc) is 2.52. The number of aromatic nitrogens is 1. The van der Waals surface area contributed by atoms with E-state index in [1.54, 1.807) is 19.3 Å². The molecule has 0 saturated heterocycles. The van der Waals surface area contributed by atoms with Crippen LogP contribution in [0.2, 0.25) is 10.0 Å². The topological polar surface area (TPSA) is 71.6 Å². The number of carbonyl (C=O) groups is 1. The maximum atomic E-state index is 12.1. The van der Waals surface area contributed by atoms with E-state index in [1.807, 2.05) is 31.2 Å². The van der Waals surface area contributed by atoms with Gasteiger partial charge in [0.2, 0.25) is 5.91 Å². The number of aliphatic imine (C=N–C) groups is 1. The number of guanidine groups is 1. The molecule has 124 valence electrons. The highest BCUT2D eigenvalue weighted by Crippen LogP contribution is 2.34. The summed E-state index contributed by atoms with van der Waals surface area (Å²) in [7, 11) is 1.61. The second kappa shape index (κ2) is 6.07. The Balaban J connectivity index is 2.06. The van der Waals surface area contributed by atoms with Gasteiger partial charge in [-0.2, -0.15) is 0 Å². The Morgan fingerprint density at radius 1 is 1.17 bits per heavy atom. The van der Waals surface area contributed by atoms with E-state index >= 15 is 0 Å². The van der Waals surface area contributed by atoms with Crippen LogP contribution in [0.1, 0.15) is 19.0 Å². The summed E-state index contributed by atoms with van der Waals surface area (Å²) in [5.41, 5.74) is 7.50. The molecule has 2 heterocycles. The van der Waals surface area contributed by atoms with Crippen molar-refractivity contribution in [3.8, 4) is 11.1 Å². The van der Waals surface area contributed by atoms with Crippen molar-refractivity contribution in [3.05, 3.63) is 52.3 Å². The molecule has 2 aromatic rings. The Kier molecular flexibility index (Phi) is 4.24. The van der Waals surface area contributed by atoms with E-state index in [9.17, 15) is 4.79 Å². The summed E-state index contributed by atoms with van der Waals surface area (Å²) in [6.07, 6.45) is 1.89. The van der Waals surface area contributed by atoms with Crippen molar-refractivity contribution in [1.29, 1.82) is 0 Å². The van der Waals surface area contributed by atoms with Gasteiger partial charge in [-0.05, 0) is 48.4 Å². The minimum atomic E-state index is -0.800. The van der Waals surface area contributed by atoms with Gasteiger partial charge in [0.1, 0.15) is 5.54 Å². The summed E-state index contributed by atoms with van der Waals surface area (Å²) < 4.78 is 0. The number of nitrogens with zero attached hydrogens (tertiary/aromatic N) is 3. The van der Waals surface area contributed by atoms with Crippen LogP contribution in [0.5, 0.6) is 0 Å². The zero-order chi connectivity index (χ0) is 17.5. The molecule has 3 rings (SSSR count). The summed E-state index contributed by atoms with van der Waals surface area (Å²) >= 11 is 12.2. The first-order valence-corrected chi connectivity index (χ1v) is 8.09. The first-order chi connectivity index (χ1) is 11.3. The molecule has 7 heteroatoms. The van der Waals surface area contributed by atoms with Gasteiger partial charge in [0.15, 0.2) is 5.96 Å². The lowest BCUT2D eigenvalue weighted by molar-refractivity contribution is -0.128. The molecule has 0 radical (unpaired) electrons. The summed E-state index contributed by atoms with van der Waals surface area (Å²) in [6.45, 7) is 1.85. The van der Waals surface area contributed by atoms with E-state index in [4.69, 9.17) is 28.9 Å². The third kappa shape index (κ3) is 3.09. The molecule has 1 aromatic carbocycles. The Morgan fingerprint density at radius 3 is 2.46 bits per heavy atom. The molecule has 0 spiro atoms. The van der Waals surface area contributed by atoms with E-state index in [0.29, 0.717) is 15.7 Å². The van der Waals surface area contributed by atoms with Crippen LogP contribution in [-0.2, 0) is 10.3 Å². The monoisotopic (exact) mass is 362 g/mol. The number of hydrogen-bond acceptors (Lipinski definition) is 4.